The number of hydrogen-bond acceptors (Lipinski definition) is 3. The van der Waals surface area contributed by atoms with Crippen molar-refractivity contribution in [1.82, 2.24) is 0 Å². The summed E-state index contributed by atoms with van der Waals surface area (Å²) in [7, 11) is 0. The standard InChI is InChI=1S/C17H26N2O2/c1-17(2,3)12-13(18)11-16(20)19-9-6-10-21-15-8-5-4-7-14(15)19/h4-5,7-8,13H,6,9-12,18H2,1-3H3. The molecule has 116 valence electrons. The lowest BCUT2D eigenvalue weighted by Crippen LogP contribution is -2.37. The molecule has 0 saturated carbocycles. The Morgan fingerprint density at radius 1 is 1.38 bits per heavy atom. The van der Waals surface area contributed by atoms with E-state index in [1.807, 2.05) is 29.2 Å². The highest BCUT2D eigenvalue weighted by Gasteiger charge is 2.25. The van der Waals surface area contributed by atoms with Crippen LogP contribution in [0, 0.1) is 5.41 Å². The largest absolute Gasteiger partial charge is 0.491 e. The van der Waals surface area contributed by atoms with Crippen molar-refractivity contribution < 1.29 is 9.53 Å². The summed E-state index contributed by atoms with van der Waals surface area (Å²) in [5.74, 6) is 0.873. The van der Waals surface area contributed by atoms with Gasteiger partial charge in [0.1, 0.15) is 5.75 Å². The van der Waals surface area contributed by atoms with Crippen LogP contribution in [0.1, 0.15) is 40.0 Å². The molecule has 1 unspecified atom stereocenters. The maximum absolute atomic E-state index is 12.6. The molecular formula is C17H26N2O2. The molecule has 1 aromatic rings. The molecule has 0 saturated heterocycles. The van der Waals surface area contributed by atoms with Crippen molar-refractivity contribution in [3.63, 3.8) is 0 Å². The SMILES string of the molecule is CC(C)(C)CC(N)CC(=O)N1CCCOc2ccccc21. The third kappa shape index (κ3) is 4.46. The van der Waals surface area contributed by atoms with Gasteiger partial charge in [-0.15, -0.1) is 0 Å². The van der Waals surface area contributed by atoms with Crippen LogP contribution in [0.5, 0.6) is 5.75 Å². The topological polar surface area (TPSA) is 55.6 Å². The Balaban J connectivity index is 2.08. The molecule has 0 aliphatic carbocycles. The van der Waals surface area contributed by atoms with Gasteiger partial charge >= 0.3 is 0 Å². The number of rotatable bonds is 3. The molecule has 1 aliphatic heterocycles. The summed E-state index contributed by atoms with van der Waals surface area (Å²) in [4.78, 5) is 14.4. The zero-order chi connectivity index (χ0) is 15.5. The van der Waals surface area contributed by atoms with Gasteiger partial charge in [-0.2, -0.15) is 0 Å². The van der Waals surface area contributed by atoms with E-state index < -0.39 is 0 Å². The fraction of sp³-hybridized carbons (Fsp3) is 0.588. The second kappa shape index (κ2) is 6.48. The lowest BCUT2D eigenvalue weighted by atomic mass is 9.87. The first-order valence-electron chi connectivity index (χ1n) is 7.64. The predicted molar refractivity (Wildman–Crippen MR) is 85.6 cm³/mol. The number of fused-ring (bicyclic) bond motifs is 1. The number of nitrogens with two attached hydrogens (primary N) is 1. The maximum atomic E-state index is 12.6. The lowest BCUT2D eigenvalue weighted by Gasteiger charge is -2.26. The van der Waals surface area contributed by atoms with Gasteiger partial charge in [0.15, 0.2) is 0 Å². The Labute approximate surface area is 127 Å². The number of carbonyl (C=O) groups is 1. The zero-order valence-corrected chi connectivity index (χ0v) is 13.3. The normalized spacial score (nSPS) is 16.7. The van der Waals surface area contributed by atoms with E-state index in [0.29, 0.717) is 19.6 Å². The first kappa shape index (κ1) is 15.8. The van der Waals surface area contributed by atoms with Crippen molar-refractivity contribution in [1.29, 1.82) is 0 Å². The summed E-state index contributed by atoms with van der Waals surface area (Å²) in [5, 5.41) is 0. The number of carbonyl (C=O) groups excluding carboxylic acids is 1. The van der Waals surface area contributed by atoms with Crippen LogP contribution in [-0.4, -0.2) is 25.1 Å². The highest BCUT2D eigenvalue weighted by molar-refractivity contribution is 5.95. The third-order valence-electron chi connectivity index (χ3n) is 3.55. The Kier molecular flexibility index (Phi) is 4.88. The molecule has 4 heteroatoms. The highest BCUT2D eigenvalue weighted by atomic mass is 16.5. The molecule has 1 amide bonds. The Bertz CT molecular complexity index is 494. The molecule has 1 aromatic carbocycles. The summed E-state index contributed by atoms with van der Waals surface area (Å²) >= 11 is 0. The summed E-state index contributed by atoms with van der Waals surface area (Å²) in [6, 6.07) is 7.61. The first-order valence-corrected chi connectivity index (χ1v) is 7.64. The molecular weight excluding hydrogens is 264 g/mol. The van der Waals surface area contributed by atoms with Gasteiger partial charge < -0.3 is 15.4 Å². The summed E-state index contributed by atoms with van der Waals surface area (Å²) in [6.07, 6.45) is 2.06. The van der Waals surface area contributed by atoms with Crippen LogP contribution in [-0.2, 0) is 4.79 Å². The van der Waals surface area contributed by atoms with Gasteiger partial charge in [0.25, 0.3) is 0 Å². The lowest BCUT2D eigenvalue weighted by molar-refractivity contribution is -0.119. The van der Waals surface area contributed by atoms with E-state index in [1.54, 1.807) is 0 Å². The van der Waals surface area contributed by atoms with Crippen LogP contribution < -0.4 is 15.4 Å². The molecule has 0 bridgehead atoms. The molecule has 4 nitrogen and oxygen atoms in total. The van der Waals surface area contributed by atoms with Crippen LogP contribution in [0.25, 0.3) is 0 Å². The average molecular weight is 290 g/mol. The fourth-order valence-electron chi connectivity index (χ4n) is 2.78. The van der Waals surface area contributed by atoms with Gasteiger partial charge in [0.2, 0.25) is 5.91 Å². The molecule has 0 spiro atoms. The number of hydrogen-bond donors (Lipinski definition) is 1. The van der Waals surface area contributed by atoms with E-state index in [2.05, 4.69) is 20.8 Å². The van der Waals surface area contributed by atoms with Crippen molar-refractivity contribution in [2.24, 2.45) is 11.1 Å². The first-order chi connectivity index (χ1) is 9.87. The smallest absolute Gasteiger partial charge is 0.228 e. The maximum Gasteiger partial charge on any atom is 0.228 e. The Hall–Kier alpha value is -1.55. The number of ether oxygens (including phenoxy) is 1. The quantitative estimate of drug-likeness (QED) is 0.931. The number of amides is 1. The molecule has 0 fully saturated rings. The van der Waals surface area contributed by atoms with Crippen molar-refractivity contribution in [3.8, 4) is 5.75 Å². The Morgan fingerprint density at radius 3 is 2.81 bits per heavy atom. The van der Waals surface area contributed by atoms with Crippen molar-refractivity contribution in [3.05, 3.63) is 24.3 Å². The molecule has 0 aromatic heterocycles. The predicted octanol–water partition coefficient (Wildman–Crippen LogP) is 2.96. The van der Waals surface area contributed by atoms with Crippen molar-refractivity contribution >= 4 is 11.6 Å². The molecule has 21 heavy (non-hydrogen) atoms. The molecule has 1 atom stereocenters. The minimum Gasteiger partial charge on any atom is -0.491 e. The van der Waals surface area contributed by atoms with E-state index in [9.17, 15) is 4.79 Å². The molecule has 2 N–H and O–H groups in total. The van der Waals surface area contributed by atoms with Crippen LogP contribution in [0.3, 0.4) is 0 Å². The van der Waals surface area contributed by atoms with Crippen LogP contribution in [0.15, 0.2) is 24.3 Å². The zero-order valence-electron chi connectivity index (χ0n) is 13.3. The minimum absolute atomic E-state index is 0.0877. The second-order valence-corrected chi connectivity index (χ2v) is 6.94. The number of benzene rings is 1. The summed E-state index contributed by atoms with van der Waals surface area (Å²) < 4.78 is 5.69. The Morgan fingerprint density at radius 2 is 2.10 bits per heavy atom. The molecule has 1 heterocycles. The van der Waals surface area contributed by atoms with Crippen LogP contribution >= 0.6 is 0 Å². The second-order valence-electron chi connectivity index (χ2n) is 6.94. The van der Waals surface area contributed by atoms with Gasteiger partial charge in [-0.1, -0.05) is 32.9 Å². The van der Waals surface area contributed by atoms with E-state index in [4.69, 9.17) is 10.5 Å². The number of nitrogens with zero attached hydrogens (tertiary/aromatic N) is 1. The summed E-state index contributed by atoms with van der Waals surface area (Å²) in [5.41, 5.74) is 7.15. The third-order valence-corrected chi connectivity index (χ3v) is 3.55. The minimum atomic E-state index is -0.103. The van der Waals surface area contributed by atoms with E-state index >= 15 is 0 Å². The summed E-state index contributed by atoms with van der Waals surface area (Å²) in [6.45, 7) is 7.78. The molecule has 0 radical (unpaired) electrons. The van der Waals surface area contributed by atoms with Crippen molar-refractivity contribution in [2.75, 3.05) is 18.1 Å². The van der Waals surface area contributed by atoms with Gasteiger partial charge in [-0.3, -0.25) is 4.79 Å². The highest BCUT2D eigenvalue weighted by Crippen LogP contribution is 2.31. The number of para-hydroxylation sites is 2. The molecule has 1 aliphatic rings. The van der Waals surface area contributed by atoms with Crippen molar-refractivity contribution in [2.45, 2.75) is 46.1 Å². The number of anilines is 1. The monoisotopic (exact) mass is 290 g/mol. The van der Waals surface area contributed by atoms with E-state index in [1.165, 1.54) is 0 Å². The van der Waals surface area contributed by atoms with E-state index in [-0.39, 0.29) is 17.4 Å². The molecule has 2 rings (SSSR count). The average Bonchev–Trinajstić information content (AvgIpc) is 2.58. The van der Waals surface area contributed by atoms with E-state index in [0.717, 1.165) is 24.3 Å². The van der Waals surface area contributed by atoms with Crippen LogP contribution in [0.2, 0.25) is 0 Å². The van der Waals surface area contributed by atoms with Gasteiger partial charge in [-0.25, -0.2) is 0 Å². The fourth-order valence-corrected chi connectivity index (χ4v) is 2.78. The van der Waals surface area contributed by atoms with Gasteiger partial charge in [0.05, 0.1) is 12.3 Å². The van der Waals surface area contributed by atoms with Gasteiger partial charge in [-0.05, 0) is 30.4 Å². The van der Waals surface area contributed by atoms with Gasteiger partial charge in [0, 0.05) is 19.0 Å². The van der Waals surface area contributed by atoms with Crippen LogP contribution in [0.4, 0.5) is 5.69 Å².